The van der Waals surface area contributed by atoms with Gasteiger partial charge < -0.3 is 10.7 Å². The van der Waals surface area contributed by atoms with Crippen molar-refractivity contribution < 1.29 is 0 Å². The largest absolute Gasteiger partial charge is 0.380 e. The second kappa shape index (κ2) is 3.25. The molecule has 0 aliphatic heterocycles. The Kier molecular flexibility index (Phi) is 2.07. The third kappa shape index (κ3) is 1.53. The molecule has 2 aromatic heterocycles. The van der Waals surface area contributed by atoms with Crippen LogP contribution in [0.1, 0.15) is 19.7 Å². The number of aromatic nitrogens is 4. The van der Waals surface area contributed by atoms with Gasteiger partial charge in [-0.15, -0.1) is 5.10 Å². The van der Waals surface area contributed by atoms with E-state index in [1.807, 2.05) is 0 Å². The average molecular weight is 191 g/mol. The van der Waals surface area contributed by atoms with Crippen LogP contribution in [0.15, 0.2) is 6.20 Å². The molecule has 5 heteroatoms. The number of nitrogen functional groups attached to an aromatic ring is 1. The number of anilines is 1. The molecule has 0 radical (unpaired) electrons. The number of nitrogens with two attached hydrogens (primary N) is 1. The smallest absolute Gasteiger partial charge is 0.174 e. The lowest BCUT2D eigenvalue weighted by Gasteiger charge is -1.98. The van der Waals surface area contributed by atoms with Crippen molar-refractivity contribution in [2.75, 3.05) is 5.73 Å². The topological polar surface area (TPSA) is 80.5 Å². The SMILES string of the molecule is CC(C)Cc1nc2c(N)nncc2[nH]1. The number of hydrogen-bond donors (Lipinski definition) is 2. The number of aromatic amines is 1. The van der Waals surface area contributed by atoms with Gasteiger partial charge in [-0.3, -0.25) is 0 Å². The van der Waals surface area contributed by atoms with E-state index in [-0.39, 0.29) is 0 Å². The minimum atomic E-state index is 0.383. The molecule has 0 saturated carbocycles. The van der Waals surface area contributed by atoms with Gasteiger partial charge in [-0.25, -0.2) is 4.98 Å². The zero-order valence-electron chi connectivity index (χ0n) is 8.28. The molecular weight excluding hydrogens is 178 g/mol. The minimum Gasteiger partial charge on any atom is -0.380 e. The van der Waals surface area contributed by atoms with Crippen LogP contribution in [0, 0.1) is 5.92 Å². The summed E-state index contributed by atoms with van der Waals surface area (Å²) in [5, 5.41) is 7.50. The van der Waals surface area contributed by atoms with Crippen molar-refractivity contribution in [1.29, 1.82) is 0 Å². The number of nitrogens with one attached hydrogen (secondary N) is 1. The molecule has 2 heterocycles. The summed E-state index contributed by atoms with van der Waals surface area (Å²) in [6.07, 6.45) is 2.55. The first-order chi connectivity index (χ1) is 6.66. The highest BCUT2D eigenvalue weighted by molar-refractivity contribution is 5.83. The lowest BCUT2D eigenvalue weighted by molar-refractivity contribution is 0.627. The van der Waals surface area contributed by atoms with Gasteiger partial charge in [0.05, 0.1) is 11.7 Å². The standard InChI is InChI=1S/C9H13N5/c1-5(2)3-7-12-6-4-11-14-9(10)8(6)13-7/h4-5H,3H2,1-2H3,(H2,10,14)(H,12,13). The van der Waals surface area contributed by atoms with Crippen molar-refractivity contribution in [3.8, 4) is 0 Å². The molecule has 2 rings (SSSR count). The molecule has 0 atom stereocenters. The highest BCUT2D eigenvalue weighted by Gasteiger charge is 2.07. The number of hydrogen-bond acceptors (Lipinski definition) is 4. The molecule has 2 aromatic rings. The predicted molar refractivity (Wildman–Crippen MR) is 54.6 cm³/mol. The van der Waals surface area contributed by atoms with Crippen LogP contribution in [-0.2, 0) is 6.42 Å². The molecule has 0 aliphatic carbocycles. The van der Waals surface area contributed by atoms with Gasteiger partial charge in [0.15, 0.2) is 5.82 Å². The quantitative estimate of drug-likeness (QED) is 0.745. The van der Waals surface area contributed by atoms with Crippen LogP contribution < -0.4 is 5.73 Å². The Bertz CT molecular complexity index is 445. The maximum absolute atomic E-state index is 5.64. The van der Waals surface area contributed by atoms with E-state index in [1.54, 1.807) is 6.20 Å². The number of imidazole rings is 1. The molecule has 0 spiro atoms. The minimum absolute atomic E-state index is 0.383. The lowest BCUT2D eigenvalue weighted by atomic mass is 10.1. The van der Waals surface area contributed by atoms with Crippen LogP contribution in [0.5, 0.6) is 0 Å². The number of rotatable bonds is 2. The molecule has 5 nitrogen and oxygen atoms in total. The highest BCUT2D eigenvalue weighted by atomic mass is 15.1. The monoisotopic (exact) mass is 191 g/mol. The molecule has 0 amide bonds. The summed E-state index contributed by atoms with van der Waals surface area (Å²) < 4.78 is 0. The van der Waals surface area contributed by atoms with E-state index in [9.17, 15) is 0 Å². The Morgan fingerprint density at radius 1 is 1.50 bits per heavy atom. The molecule has 14 heavy (non-hydrogen) atoms. The molecule has 3 N–H and O–H groups in total. The fourth-order valence-corrected chi connectivity index (χ4v) is 1.41. The maximum atomic E-state index is 5.64. The van der Waals surface area contributed by atoms with E-state index in [0.717, 1.165) is 23.3 Å². The summed E-state index contributed by atoms with van der Waals surface area (Å²) in [7, 11) is 0. The number of nitrogens with zero attached hydrogens (tertiary/aromatic N) is 3. The Morgan fingerprint density at radius 2 is 2.29 bits per heavy atom. The van der Waals surface area contributed by atoms with Gasteiger partial charge in [0.25, 0.3) is 0 Å². The first-order valence-electron chi connectivity index (χ1n) is 4.62. The fraction of sp³-hybridized carbons (Fsp3) is 0.444. The normalized spacial score (nSPS) is 11.4. The van der Waals surface area contributed by atoms with E-state index < -0.39 is 0 Å². The van der Waals surface area contributed by atoms with Crippen LogP contribution in [0.2, 0.25) is 0 Å². The van der Waals surface area contributed by atoms with Gasteiger partial charge in [-0.2, -0.15) is 5.10 Å². The number of H-pyrrole nitrogens is 1. The van der Waals surface area contributed by atoms with Crippen LogP contribution >= 0.6 is 0 Å². The zero-order valence-corrected chi connectivity index (χ0v) is 8.28. The average Bonchev–Trinajstić information content (AvgIpc) is 2.47. The molecule has 74 valence electrons. The van der Waals surface area contributed by atoms with Crippen molar-refractivity contribution in [2.24, 2.45) is 5.92 Å². The molecule has 0 aromatic carbocycles. The third-order valence-corrected chi connectivity index (χ3v) is 1.98. The first kappa shape index (κ1) is 8.93. The maximum Gasteiger partial charge on any atom is 0.174 e. The van der Waals surface area contributed by atoms with Crippen molar-refractivity contribution >= 4 is 16.9 Å². The van der Waals surface area contributed by atoms with Crippen LogP contribution in [0.3, 0.4) is 0 Å². The van der Waals surface area contributed by atoms with E-state index in [2.05, 4.69) is 34.0 Å². The molecule has 0 unspecified atom stereocenters. The van der Waals surface area contributed by atoms with E-state index in [4.69, 9.17) is 5.73 Å². The first-order valence-corrected chi connectivity index (χ1v) is 4.62. The van der Waals surface area contributed by atoms with Gasteiger partial charge in [-0.1, -0.05) is 13.8 Å². The van der Waals surface area contributed by atoms with Gasteiger partial charge in [-0.05, 0) is 5.92 Å². The van der Waals surface area contributed by atoms with Gasteiger partial charge in [0.1, 0.15) is 11.3 Å². The second-order valence-corrected chi connectivity index (χ2v) is 3.77. The van der Waals surface area contributed by atoms with Crippen LogP contribution in [0.4, 0.5) is 5.82 Å². The van der Waals surface area contributed by atoms with Gasteiger partial charge in [0.2, 0.25) is 0 Å². The van der Waals surface area contributed by atoms with Gasteiger partial charge in [0, 0.05) is 6.42 Å². The molecule has 0 fully saturated rings. The van der Waals surface area contributed by atoms with E-state index >= 15 is 0 Å². The summed E-state index contributed by atoms with van der Waals surface area (Å²) in [5.41, 5.74) is 7.22. The fourth-order valence-electron chi connectivity index (χ4n) is 1.41. The van der Waals surface area contributed by atoms with E-state index in [0.29, 0.717) is 11.7 Å². The van der Waals surface area contributed by atoms with Crippen LogP contribution in [0.25, 0.3) is 11.0 Å². The third-order valence-electron chi connectivity index (χ3n) is 1.98. The Hall–Kier alpha value is -1.65. The predicted octanol–water partition coefficient (Wildman–Crippen LogP) is 1.13. The van der Waals surface area contributed by atoms with Crippen molar-refractivity contribution in [1.82, 2.24) is 20.2 Å². The summed E-state index contributed by atoms with van der Waals surface area (Å²) in [6.45, 7) is 4.29. The Balaban J connectivity index is 2.46. The van der Waals surface area contributed by atoms with Crippen molar-refractivity contribution in [3.05, 3.63) is 12.0 Å². The van der Waals surface area contributed by atoms with Crippen molar-refractivity contribution in [3.63, 3.8) is 0 Å². The lowest BCUT2D eigenvalue weighted by Crippen LogP contribution is -1.96. The Labute approximate surface area is 81.7 Å². The molecule has 0 saturated heterocycles. The molecule has 0 bridgehead atoms. The van der Waals surface area contributed by atoms with Gasteiger partial charge >= 0.3 is 0 Å². The second-order valence-electron chi connectivity index (χ2n) is 3.77. The highest BCUT2D eigenvalue weighted by Crippen LogP contribution is 2.15. The Morgan fingerprint density at radius 3 is 2.93 bits per heavy atom. The molecular formula is C9H13N5. The zero-order chi connectivity index (χ0) is 10.1. The number of fused-ring (bicyclic) bond motifs is 1. The van der Waals surface area contributed by atoms with Crippen LogP contribution in [-0.4, -0.2) is 20.2 Å². The summed E-state index contributed by atoms with van der Waals surface area (Å²) in [4.78, 5) is 7.54. The van der Waals surface area contributed by atoms with Crippen molar-refractivity contribution in [2.45, 2.75) is 20.3 Å². The summed E-state index contributed by atoms with van der Waals surface area (Å²) in [6, 6.07) is 0. The van der Waals surface area contributed by atoms with E-state index in [1.165, 1.54) is 0 Å². The summed E-state index contributed by atoms with van der Waals surface area (Å²) in [5.74, 6) is 1.89. The molecule has 0 aliphatic rings. The summed E-state index contributed by atoms with van der Waals surface area (Å²) >= 11 is 0.